The molecule has 0 spiro atoms. The van der Waals surface area contributed by atoms with E-state index in [0.29, 0.717) is 0 Å². The van der Waals surface area contributed by atoms with Crippen molar-refractivity contribution in [3.05, 3.63) is 0 Å². The fourth-order valence-electron chi connectivity index (χ4n) is 0. The average molecular weight is 242 g/mol. The van der Waals surface area contributed by atoms with Crippen molar-refractivity contribution in [1.29, 1.82) is 0 Å². The molecule has 0 aliphatic heterocycles. The van der Waals surface area contributed by atoms with Gasteiger partial charge in [-0.1, -0.05) is 0 Å². The molecule has 0 bridgehead atoms. The minimum Gasteiger partial charge on any atom is -1.00 e. The van der Waals surface area contributed by atoms with E-state index in [0.717, 1.165) is 0 Å². The number of halogens is 4. The summed E-state index contributed by atoms with van der Waals surface area (Å²) in [6.07, 6.45) is 0. The molecule has 8 heavy (non-hydrogen) atoms. The van der Waals surface area contributed by atoms with Crippen LogP contribution in [0, 0.1) is 0 Å². The fraction of sp³-hybridized carbons (Fsp3) is 0. The molecule has 0 fully saturated rings. The van der Waals surface area contributed by atoms with Crippen molar-refractivity contribution in [3.63, 3.8) is 0 Å². The summed E-state index contributed by atoms with van der Waals surface area (Å²) >= 11 is 0. The van der Waals surface area contributed by atoms with Gasteiger partial charge in [0, 0.05) is 0 Å². The second kappa shape index (κ2) is 86.9. The molecule has 48 valence electrons. The van der Waals surface area contributed by atoms with Crippen LogP contribution in [0.15, 0.2) is 0 Å². The molecule has 0 amide bonds. The summed E-state index contributed by atoms with van der Waals surface area (Å²) in [5.74, 6) is 0. The van der Waals surface area contributed by atoms with Gasteiger partial charge in [0.05, 0.1) is 0 Å². The first kappa shape index (κ1) is 118. The van der Waals surface area contributed by atoms with Gasteiger partial charge in [0.2, 0.25) is 0 Å². The Morgan fingerprint density at radius 3 is 0.500 bits per heavy atom. The molecule has 4 N–H and O–H groups in total. The van der Waals surface area contributed by atoms with E-state index in [1.807, 2.05) is 0 Å². The van der Waals surface area contributed by atoms with Gasteiger partial charge in [-0.25, -0.2) is 0 Å². The monoisotopic (exact) mass is 240 g/mol. The topological polar surface area (TPSA) is 63.0 Å². The van der Waals surface area contributed by atoms with Crippen LogP contribution < -0.4 is 49.6 Å². The van der Waals surface area contributed by atoms with Crippen LogP contribution in [-0.2, 0) is 0 Å². The van der Waals surface area contributed by atoms with Crippen molar-refractivity contribution in [3.8, 4) is 0 Å². The average Bonchev–Trinajstić information content (AvgIpc) is 0. The maximum atomic E-state index is 0. The van der Waals surface area contributed by atoms with Crippen LogP contribution in [0.5, 0.6) is 0 Å². The molecule has 0 saturated heterocycles. The summed E-state index contributed by atoms with van der Waals surface area (Å²) in [6, 6.07) is 0. The molecule has 0 atom stereocenters. The van der Waals surface area contributed by atoms with E-state index in [9.17, 15) is 0 Å². The van der Waals surface area contributed by atoms with Crippen LogP contribution in [0.25, 0.3) is 0 Å². The molecule has 2 nitrogen and oxygen atoms in total. The Kier molecular flexibility index (Phi) is 1280. The number of hydrogen-bond acceptors (Lipinski definition) is 0. The van der Waals surface area contributed by atoms with E-state index >= 15 is 0 Å². The summed E-state index contributed by atoms with van der Waals surface area (Å²) in [4.78, 5) is 0. The van der Waals surface area contributed by atoms with Crippen molar-refractivity contribution >= 4 is 60.8 Å². The maximum absolute atomic E-state index is 0. The van der Waals surface area contributed by atoms with Gasteiger partial charge in [0.1, 0.15) is 0 Å². The second-order valence-electron chi connectivity index (χ2n) is 0. The van der Waals surface area contributed by atoms with Crippen LogP contribution in [0.1, 0.15) is 0 Å². The van der Waals surface area contributed by atoms with Crippen molar-refractivity contribution < 1.29 is 60.6 Å². The third-order valence-corrected chi connectivity index (χ3v) is 0. The molecule has 0 aromatic rings. The molecule has 8 heteroatoms. The van der Waals surface area contributed by atoms with Crippen molar-refractivity contribution in [2.75, 3.05) is 0 Å². The molecule has 0 aromatic carbocycles. The van der Waals surface area contributed by atoms with Crippen LogP contribution in [0.4, 0.5) is 0 Å². The normalized spacial score (nSPS) is 0. The molecule has 0 heterocycles. The predicted octanol–water partition coefficient (Wildman–Crippen LogP) is -14.4. The van der Waals surface area contributed by atoms with Gasteiger partial charge in [0.25, 0.3) is 0 Å². The summed E-state index contributed by atoms with van der Waals surface area (Å²) in [5, 5.41) is 0. The molecule has 0 aliphatic rings. The molecule has 0 aliphatic carbocycles. The summed E-state index contributed by atoms with van der Waals surface area (Å²) in [6.45, 7) is 0. The minimum absolute atomic E-state index is 0. The number of hydrogen-bond donors (Lipinski definition) is 0. The third kappa shape index (κ3) is 62.0. The van der Waals surface area contributed by atoms with Gasteiger partial charge < -0.3 is 60.6 Å². The van der Waals surface area contributed by atoms with E-state index in [-0.39, 0.29) is 121 Å². The quantitative estimate of drug-likeness (QED) is 0.379. The number of rotatable bonds is 0. The Morgan fingerprint density at radius 2 is 0.500 bits per heavy atom. The SMILES string of the molecule is O.O.[Ca+2].[Cl-].[Cl-].[Cl-].[Cl-].[Mg+2]. The largest absolute Gasteiger partial charge is 2.00 e. The second-order valence-corrected chi connectivity index (χ2v) is 0. The van der Waals surface area contributed by atoms with Crippen molar-refractivity contribution in [2.45, 2.75) is 0 Å². The first-order chi connectivity index (χ1) is 0. The smallest absolute Gasteiger partial charge is 1.00 e. The van der Waals surface area contributed by atoms with E-state index in [4.69, 9.17) is 0 Å². The van der Waals surface area contributed by atoms with E-state index in [1.54, 1.807) is 0 Å². The first-order valence-corrected chi connectivity index (χ1v) is 0. The van der Waals surface area contributed by atoms with Crippen LogP contribution in [0.2, 0.25) is 0 Å². The molecule has 0 rings (SSSR count). The fourth-order valence-corrected chi connectivity index (χ4v) is 0. The van der Waals surface area contributed by atoms with Crippen molar-refractivity contribution in [1.82, 2.24) is 0 Å². The van der Waals surface area contributed by atoms with E-state index < -0.39 is 0 Å². The zero-order valence-electron chi connectivity index (χ0n) is 3.93. The van der Waals surface area contributed by atoms with E-state index in [1.165, 1.54) is 0 Å². The maximum Gasteiger partial charge on any atom is 2.00 e. The molecule has 0 saturated carbocycles. The zero-order valence-corrected chi connectivity index (χ0v) is 10.6. The standard InChI is InChI=1S/Ca.4ClH.Mg.2H2O/h;4*1H;;2*1H2/q+2;;;;;+2;;/p-4. The van der Waals surface area contributed by atoms with Gasteiger partial charge in [-0.05, 0) is 0 Å². The summed E-state index contributed by atoms with van der Waals surface area (Å²) < 4.78 is 0. The third-order valence-electron chi connectivity index (χ3n) is 0. The van der Waals surface area contributed by atoms with Crippen LogP contribution in [-0.4, -0.2) is 71.7 Å². The van der Waals surface area contributed by atoms with Crippen molar-refractivity contribution in [2.24, 2.45) is 0 Å². The van der Waals surface area contributed by atoms with E-state index in [2.05, 4.69) is 0 Å². The Hall–Kier alpha value is 3.11. The minimum atomic E-state index is 0. The van der Waals surface area contributed by atoms with Gasteiger partial charge in [-0.15, -0.1) is 0 Å². The van der Waals surface area contributed by atoms with Gasteiger partial charge in [-0.3, -0.25) is 0 Å². The van der Waals surface area contributed by atoms with Crippen LogP contribution >= 0.6 is 0 Å². The molecule has 0 aromatic heterocycles. The summed E-state index contributed by atoms with van der Waals surface area (Å²) in [7, 11) is 0. The van der Waals surface area contributed by atoms with Crippen LogP contribution in [0.3, 0.4) is 0 Å². The predicted molar refractivity (Wildman–Crippen MR) is 18.7 cm³/mol. The molecular weight excluding hydrogens is 238 g/mol. The molecule has 0 unspecified atom stereocenters. The Balaban J connectivity index is 0. The zero-order chi connectivity index (χ0) is 0. The Morgan fingerprint density at radius 1 is 0.500 bits per heavy atom. The summed E-state index contributed by atoms with van der Waals surface area (Å²) in [5.41, 5.74) is 0. The van der Waals surface area contributed by atoms with Gasteiger partial charge in [0.15, 0.2) is 0 Å². The van der Waals surface area contributed by atoms with Gasteiger partial charge in [-0.2, -0.15) is 0 Å². The molecular formula is H4CaCl4MgO2. The Labute approximate surface area is 119 Å². The Bertz CT molecular complexity index is 14.0. The molecule has 0 radical (unpaired) electrons. The first-order valence-electron chi connectivity index (χ1n) is 0. The van der Waals surface area contributed by atoms with Gasteiger partial charge >= 0.3 is 60.8 Å².